The Morgan fingerprint density at radius 3 is 2.32 bits per heavy atom. The molecule has 152 valence electrons. The fraction of sp³-hybridized carbons (Fsp3) is 0.333. The van der Waals surface area contributed by atoms with Crippen molar-refractivity contribution in [3.8, 4) is 0 Å². The third kappa shape index (κ3) is 6.31. The number of hydrogen-bond donors (Lipinski definition) is 2. The van der Waals surface area contributed by atoms with Crippen LogP contribution in [0.5, 0.6) is 0 Å². The van der Waals surface area contributed by atoms with Gasteiger partial charge in [0, 0.05) is 43.3 Å². The lowest BCUT2D eigenvalue weighted by molar-refractivity contribution is 0.281. The average molecular weight is 424 g/mol. The number of halogens is 2. The van der Waals surface area contributed by atoms with Crippen molar-refractivity contribution in [2.24, 2.45) is 4.99 Å². The lowest BCUT2D eigenvalue weighted by atomic mass is 9.95. The van der Waals surface area contributed by atoms with E-state index in [-0.39, 0.29) is 38.0 Å². The second kappa shape index (κ2) is 12.5. The maximum atomic E-state index is 9.18. The summed E-state index contributed by atoms with van der Waals surface area (Å²) in [4.78, 5) is 10.9. The van der Waals surface area contributed by atoms with E-state index in [4.69, 9.17) is 4.99 Å². The highest BCUT2D eigenvalue weighted by atomic mass is 35.5. The van der Waals surface area contributed by atoms with Crippen molar-refractivity contribution in [2.45, 2.75) is 12.8 Å². The molecule has 2 N–H and O–H groups in total. The Hall–Kier alpha value is -1.92. The number of benzene rings is 1. The van der Waals surface area contributed by atoms with Crippen LogP contribution in [0.4, 0.5) is 5.69 Å². The first-order valence-corrected chi connectivity index (χ1v) is 9.04. The van der Waals surface area contributed by atoms with Gasteiger partial charge in [0.1, 0.15) is 0 Å². The lowest BCUT2D eigenvalue weighted by Crippen LogP contribution is -2.29. The highest BCUT2D eigenvalue weighted by molar-refractivity contribution is 6.15. The molecule has 0 saturated carbocycles. The summed E-state index contributed by atoms with van der Waals surface area (Å²) in [6.07, 6.45) is 7.91. The molecule has 0 fully saturated rings. The Morgan fingerprint density at radius 2 is 1.71 bits per heavy atom. The number of nitrogens with zero attached hydrogens (tertiary/aromatic N) is 3. The van der Waals surface area contributed by atoms with Gasteiger partial charge in [-0.25, -0.2) is 0 Å². The minimum Gasteiger partial charge on any atom is -0.395 e. The maximum absolute atomic E-state index is 9.18. The van der Waals surface area contributed by atoms with Gasteiger partial charge >= 0.3 is 0 Å². The van der Waals surface area contributed by atoms with Crippen LogP contribution in [-0.2, 0) is 0 Å². The van der Waals surface area contributed by atoms with E-state index in [1.54, 1.807) is 6.20 Å². The Kier molecular flexibility index (Phi) is 10.8. The zero-order chi connectivity index (χ0) is 18.2. The molecule has 28 heavy (non-hydrogen) atoms. The minimum absolute atomic E-state index is 0. The van der Waals surface area contributed by atoms with E-state index in [1.165, 1.54) is 5.57 Å². The number of hydrogen-bond acceptors (Lipinski definition) is 5. The van der Waals surface area contributed by atoms with Crippen LogP contribution in [0.3, 0.4) is 0 Å². The van der Waals surface area contributed by atoms with Crippen LogP contribution >= 0.6 is 24.8 Å². The van der Waals surface area contributed by atoms with Gasteiger partial charge in [0.05, 0.1) is 18.9 Å². The van der Waals surface area contributed by atoms with Gasteiger partial charge in [-0.3, -0.25) is 9.98 Å². The number of aliphatic hydroxyl groups excluding tert-OH is 2. The van der Waals surface area contributed by atoms with Gasteiger partial charge in [0.15, 0.2) is 0 Å². The molecule has 0 saturated heterocycles. The fourth-order valence-corrected chi connectivity index (χ4v) is 3.19. The number of rotatable bonds is 7. The molecule has 1 aliphatic heterocycles. The first-order valence-electron chi connectivity index (χ1n) is 9.04. The van der Waals surface area contributed by atoms with Gasteiger partial charge < -0.3 is 15.1 Å². The number of anilines is 1. The predicted octanol–water partition coefficient (Wildman–Crippen LogP) is 3.38. The summed E-state index contributed by atoms with van der Waals surface area (Å²) in [6, 6.07) is 12.2. The molecular weight excluding hydrogens is 397 g/mol. The van der Waals surface area contributed by atoms with Gasteiger partial charge in [-0.05, 0) is 54.3 Å². The van der Waals surface area contributed by atoms with Gasteiger partial charge in [-0.1, -0.05) is 12.1 Å². The summed E-state index contributed by atoms with van der Waals surface area (Å²) in [5, 5.41) is 18.4. The molecule has 0 amide bonds. The molecule has 0 aliphatic carbocycles. The van der Waals surface area contributed by atoms with Crippen LogP contribution in [0.25, 0.3) is 6.08 Å². The van der Waals surface area contributed by atoms with E-state index in [9.17, 15) is 10.2 Å². The first-order chi connectivity index (χ1) is 12.8. The molecule has 2 heterocycles. The summed E-state index contributed by atoms with van der Waals surface area (Å²) in [7, 11) is 0. The van der Waals surface area contributed by atoms with E-state index in [2.05, 4.69) is 29.3 Å². The minimum atomic E-state index is 0. The van der Waals surface area contributed by atoms with Gasteiger partial charge in [0.2, 0.25) is 0 Å². The molecule has 0 bridgehead atoms. The number of pyridine rings is 1. The summed E-state index contributed by atoms with van der Waals surface area (Å²) in [5.41, 5.74) is 5.46. The van der Waals surface area contributed by atoms with Crippen molar-refractivity contribution < 1.29 is 10.2 Å². The topological polar surface area (TPSA) is 69.0 Å². The normalized spacial score (nSPS) is 14.6. The molecule has 0 radical (unpaired) electrons. The summed E-state index contributed by atoms with van der Waals surface area (Å²) >= 11 is 0. The van der Waals surface area contributed by atoms with E-state index >= 15 is 0 Å². The second-order valence-corrected chi connectivity index (χ2v) is 6.27. The molecule has 0 spiro atoms. The number of aliphatic hydroxyl groups is 2. The van der Waals surface area contributed by atoms with E-state index < -0.39 is 0 Å². The van der Waals surface area contributed by atoms with Crippen molar-refractivity contribution in [1.82, 2.24) is 4.98 Å². The van der Waals surface area contributed by atoms with E-state index in [1.807, 2.05) is 29.3 Å². The monoisotopic (exact) mass is 423 g/mol. The van der Waals surface area contributed by atoms with Gasteiger partial charge in [-0.15, -0.1) is 24.8 Å². The second-order valence-electron chi connectivity index (χ2n) is 6.27. The summed E-state index contributed by atoms with van der Waals surface area (Å²) < 4.78 is 0. The summed E-state index contributed by atoms with van der Waals surface area (Å²) in [5.74, 6) is 0. The maximum Gasteiger partial charge on any atom is 0.0694 e. The van der Waals surface area contributed by atoms with Gasteiger partial charge in [-0.2, -0.15) is 0 Å². The smallest absolute Gasteiger partial charge is 0.0694 e. The molecule has 1 aromatic heterocycles. The molecule has 3 rings (SSSR count). The third-order valence-corrected chi connectivity index (χ3v) is 4.45. The van der Waals surface area contributed by atoms with Crippen molar-refractivity contribution in [3.63, 3.8) is 0 Å². The lowest BCUT2D eigenvalue weighted by Gasteiger charge is -2.23. The van der Waals surface area contributed by atoms with E-state index in [0.717, 1.165) is 41.9 Å². The van der Waals surface area contributed by atoms with Crippen molar-refractivity contribution in [1.29, 1.82) is 0 Å². The van der Waals surface area contributed by atoms with Crippen LogP contribution in [-0.4, -0.2) is 53.8 Å². The molecule has 1 aliphatic rings. The molecule has 5 nitrogen and oxygen atoms in total. The Labute approximate surface area is 178 Å². The average Bonchev–Trinajstić information content (AvgIpc) is 2.70. The van der Waals surface area contributed by atoms with Gasteiger partial charge in [0.25, 0.3) is 0 Å². The molecule has 1 aromatic carbocycles. The van der Waals surface area contributed by atoms with Crippen LogP contribution < -0.4 is 4.90 Å². The largest absolute Gasteiger partial charge is 0.395 e. The van der Waals surface area contributed by atoms with Crippen LogP contribution in [0.15, 0.2) is 59.4 Å². The first kappa shape index (κ1) is 24.1. The predicted molar refractivity (Wildman–Crippen MR) is 120 cm³/mol. The van der Waals surface area contributed by atoms with Crippen molar-refractivity contribution in [2.75, 3.05) is 37.7 Å². The zero-order valence-electron chi connectivity index (χ0n) is 15.7. The molecule has 7 heteroatoms. The number of allylic oxidation sites excluding steroid dienone is 1. The SMILES string of the molecule is Cl.Cl.OCCN(CCO)c1ccc(/C=C2\CCCN=C2c2cccnc2)cc1. The Bertz CT molecular complexity index is 759. The fourth-order valence-electron chi connectivity index (χ4n) is 3.19. The molecule has 0 unspecified atom stereocenters. The third-order valence-electron chi connectivity index (χ3n) is 4.45. The van der Waals surface area contributed by atoms with Crippen molar-refractivity contribution in [3.05, 3.63) is 65.5 Å². The summed E-state index contributed by atoms with van der Waals surface area (Å²) in [6.45, 7) is 2.02. The Balaban J connectivity index is 0.00000196. The van der Waals surface area contributed by atoms with Crippen molar-refractivity contribution >= 4 is 42.3 Å². The number of aromatic nitrogens is 1. The number of aliphatic imine (C=N–C) groups is 1. The van der Waals surface area contributed by atoms with E-state index in [0.29, 0.717) is 13.1 Å². The Morgan fingerprint density at radius 1 is 1.00 bits per heavy atom. The molecule has 2 aromatic rings. The quantitative estimate of drug-likeness (QED) is 0.715. The van der Waals surface area contributed by atoms with Crippen LogP contribution in [0.2, 0.25) is 0 Å². The standard InChI is InChI=1S/C21H25N3O2.2ClH/c25-13-11-24(12-14-26)20-7-5-17(6-8-20)15-18-3-2-10-23-21(18)19-4-1-9-22-16-19;;/h1,4-9,15-16,25-26H,2-3,10-14H2;2*1H/b18-15+;;. The van der Waals surface area contributed by atoms with Crippen LogP contribution in [0, 0.1) is 0 Å². The zero-order valence-corrected chi connectivity index (χ0v) is 17.3. The molecule has 0 atom stereocenters. The van der Waals surface area contributed by atoms with Crippen LogP contribution in [0.1, 0.15) is 24.0 Å². The highest BCUT2D eigenvalue weighted by Gasteiger charge is 2.14. The molecular formula is C21H27Cl2N3O2. The highest BCUT2D eigenvalue weighted by Crippen LogP contribution is 2.23.